The van der Waals surface area contributed by atoms with Gasteiger partial charge in [-0.15, -0.1) is 0 Å². The van der Waals surface area contributed by atoms with Crippen molar-refractivity contribution in [3.8, 4) is 0 Å². The second-order valence-electron chi connectivity index (χ2n) is 0. The van der Waals surface area contributed by atoms with E-state index in [0.29, 0.717) is 0 Å². The van der Waals surface area contributed by atoms with Crippen LogP contribution in [0.2, 0.25) is 0 Å². The van der Waals surface area contributed by atoms with Crippen molar-refractivity contribution in [2.24, 2.45) is 0 Å². The number of hydrogen-bond acceptors (Lipinski definition) is 0. The average Bonchev–Trinajstić information content (AvgIpc) is 1.00. The standard InChI is InChI=1S/Mn.Mo.H3Si.V/h;;1H3;. The summed E-state index contributed by atoms with van der Waals surface area (Å²) in [7, 11) is 1.32. The first-order valence-corrected chi connectivity index (χ1v) is 7.25. The molecule has 4 heteroatoms. The Bertz CT molecular complexity index is 8.00. The molecule has 0 aromatic heterocycles. The Kier molecular flexibility index (Phi) is 83.0. The van der Waals surface area contributed by atoms with E-state index in [1.807, 2.05) is 0 Å². The predicted molar refractivity (Wildman–Crippen MR) is 9.94 cm³/mol. The predicted octanol–water partition coefficient (Wildman–Crippen LogP) is -1.19. The zero-order valence-electron chi connectivity index (χ0n) is 2.23. The van der Waals surface area contributed by atoms with Crippen LogP contribution in [-0.2, 0) is 54.7 Å². The third-order valence-electron chi connectivity index (χ3n) is 0. The molecule has 0 aliphatic carbocycles. The normalized spacial score (nSPS) is 2.00. The smallest absolute Gasteiger partial charge is 0 e. The van der Waals surface area contributed by atoms with Crippen LogP contribution in [0, 0.1) is 0 Å². The minimum Gasteiger partial charge on any atom is 0 e. The molecule has 0 rings (SSSR count). The SMILES string of the molecule is [Mn].[SiH3][Mo].[V]. The van der Waals surface area contributed by atoms with E-state index in [-0.39, 0.29) is 35.6 Å². The van der Waals surface area contributed by atoms with E-state index >= 15 is 0 Å². The molecule has 0 bridgehead atoms. The molecule has 0 saturated carbocycles. The van der Waals surface area contributed by atoms with Gasteiger partial charge < -0.3 is 0 Å². The molecular weight excluding hydrogens is 230 g/mol. The molecule has 0 aromatic carbocycles. The summed E-state index contributed by atoms with van der Waals surface area (Å²) in [5.41, 5.74) is 0. The molecule has 0 aliphatic heterocycles. The molecule has 0 spiro atoms. The maximum Gasteiger partial charge on any atom is 0 e. The van der Waals surface area contributed by atoms with Crippen LogP contribution in [0.4, 0.5) is 0 Å². The molecule has 4 heavy (non-hydrogen) atoms. The van der Waals surface area contributed by atoms with Gasteiger partial charge in [-0.1, -0.05) is 0 Å². The van der Waals surface area contributed by atoms with Crippen LogP contribution in [0.5, 0.6) is 0 Å². The Hall–Kier alpha value is 2.01. The summed E-state index contributed by atoms with van der Waals surface area (Å²) in [6, 6.07) is 0. The number of hydrogen-bond donors (Lipinski definition) is 0. The summed E-state index contributed by atoms with van der Waals surface area (Å²) < 4.78 is 0. The van der Waals surface area contributed by atoms with E-state index in [9.17, 15) is 0 Å². The van der Waals surface area contributed by atoms with Crippen LogP contribution < -0.4 is 0 Å². The van der Waals surface area contributed by atoms with Crippen molar-refractivity contribution >= 4 is 8.21 Å². The van der Waals surface area contributed by atoms with E-state index < -0.39 is 0 Å². The van der Waals surface area contributed by atoms with Crippen LogP contribution in [0.15, 0.2) is 0 Å². The molecular formula is H3MnMoSiV. The van der Waals surface area contributed by atoms with Gasteiger partial charge in [0.15, 0.2) is 0 Å². The van der Waals surface area contributed by atoms with Crippen LogP contribution in [-0.4, -0.2) is 8.21 Å². The van der Waals surface area contributed by atoms with Crippen LogP contribution in [0.3, 0.4) is 0 Å². The van der Waals surface area contributed by atoms with Gasteiger partial charge in [-0.05, 0) is 0 Å². The van der Waals surface area contributed by atoms with Crippen molar-refractivity contribution in [2.45, 2.75) is 0 Å². The third kappa shape index (κ3) is 8.99. The number of rotatable bonds is 0. The van der Waals surface area contributed by atoms with Crippen molar-refractivity contribution in [3.63, 3.8) is 0 Å². The van der Waals surface area contributed by atoms with Crippen molar-refractivity contribution in [2.75, 3.05) is 0 Å². The summed E-state index contributed by atoms with van der Waals surface area (Å²) >= 11 is 2.09. The molecule has 2 radical (unpaired) electrons. The zero-order valence-corrected chi connectivity index (χ0v) is 8.82. The minimum absolute atomic E-state index is 0. The minimum atomic E-state index is 0. The molecule has 0 N–H and O–H groups in total. The average molecular weight is 233 g/mol. The second kappa shape index (κ2) is 19.9. The maximum atomic E-state index is 2.09. The van der Waals surface area contributed by atoms with Crippen molar-refractivity contribution in [1.29, 1.82) is 0 Å². The van der Waals surface area contributed by atoms with Gasteiger partial charge in [0, 0.05) is 35.6 Å². The molecule has 0 heterocycles. The van der Waals surface area contributed by atoms with Gasteiger partial charge in [0.2, 0.25) is 0 Å². The van der Waals surface area contributed by atoms with E-state index in [1.54, 1.807) is 0 Å². The zero-order chi connectivity index (χ0) is 2.00. The first-order valence-electron chi connectivity index (χ1n) is 0.408. The third-order valence-corrected chi connectivity index (χ3v) is 0. The van der Waals surface area contributed by atoms with E-state index in [4.69, 9.17) is 0 Å². The molecule has 0 fully saturated rings. The topological polar surface area (TPSA) is 0 Å². The Morgan fingerprint density at radius 1 is 1.25 bits per heavy atom. The van der Waals surface area contributed by atoms with E-state index in [2.05, 4.69) is 19.1 Å². The maximum absolute atomic E-state index is 2.09. The van der Waals surface area contributed by atoms with Gasteiger partial charge in [0.05, 0.1) is 0 Å². The first kappa shape index (κ1) is 16.7. The largest absolute Gasteiger partial charge is 0 e. The van der Waals surface area contributed by atoms with Gasteiger partial charge in [0.25, 0.3) is 0 Å². The quantitative estimate of drug-likeness (QED) is 0.461. The van der Waals surface area contributed by atoms with Gasteiger partial charge in [0.1, 0.15) is 0 Å². The second-order valence-corrected chi connectivity index (χ2v) is 0. The van der Waals surface area contributed by atoms with Gasteiger partial charge in [-0.2, -0.15) is 0 Å². The van der Waals surface area contributed by atoms with Crippen LogP contribution in [0.1, 0.15) is 0 Å². The monoisotopic (exact) mass is 235 g/mol. The molecule has 0 nitrogen and oxygen atoms in total. The fraction of sp³-hybridized carbons (Fsp3) is 0. The Morgan fingerprint density at radius 3 is 1.25 bits per heavy atom. The molecule has 0 aliphatic rings. The molecule has 0 amide bonds. The Labute approximate surface area is 62.4 Å². The Balaban J connectivity index is -0.00000000500. The fourth-order valence-electron chi connectivity index (χ4n) is 0. The molecule has 0 aromatic rings. The summed E-state index contributed by atoms with van der Waals surface area (Å²) in [5.74, 6) is 0. The van der Waals surface area contributed by atoms with E-state index in [1.165, 1.54) is 8.21 Å². The van der Waals surface area contributed by atoms with Crippen LogP contribution in [0.25, 0.3) is 0 Å². The first-order chi connectivity index (χ1) is 1.00. The molecule has 0 atom stereocenters. The molecule has 0 saturated heterocycles. The van der Waals surface area contributed by atoms with Gasteiger partial charge in [-0.3, -0.25) is 0 Å². The van der Waals surface area contributed by atoms with Gasteiger partial charge in [-0.25, -0.2) is 0 Å². The summed E-state index contributed by atoms with van der Waals surface area (Å²) in [6.45, 7) is 0. The van der Waals surface area contributed by atoms with Crippen LogP contribution >= 0.6 is 0 Å². The molecule has 0 unspecified atom stereocenters. The van der Waals surface area contributed by atoms with Crippen molar-refractivity contribution < 1.29 is 54.7 Å². The van der Waals surface area contributed by atoms with Gasteiger partial charge >= 0.3 is 27.3 Å². The fourth-order valence-corrected chi connectivity index (χ4v) is 0. The van der Waals surface area contributed by atoms with Crippen molar-refractivity contribution in [1.82, 2.24) is 0 Å². The van der Waals surface area contributed by atoms with Crippen molar-refractivity contribution in [3.05, 3.63) is 0 Å². The summed E-state index contributed by atoms with van der Waals surface area (Å²) in [4.78, 5) is 0. The van der Waals surface area contributed by atoms with E-state index in [0.717, 1.165) is 0 Å². The summed E-state index contributed by atoms with van der Waals surface area (Å²) in [5, 5.41) is 0. The summed E-state index contributed by atoms with van der Waals surface area (Å²) in [6.07, 6.45) is 0. The Morgan fingerprint density at radius 2 is 1.25 bits per heavy atom. The molecule has 25 valence electrons.